The molecule has 0 bridgehead atoms. The Balaban J connectivity index is 1.72. The molecule has 1 aliphatic heterocycles. The van der Waals surface area contributed by atoms with E-state index in [0.717, 1.165) is 42.8 Å². The van der Waals surface area contributed by atoms with Crippen molar-refractivity contribution in [3.63, 3.8) is 0 Å². The first-order chi connectivity index (χ1) is 12.0. The molecule has 1 atom stereocenters. The van der Waals surface area contributed by atoms with Crippen LogP contribution < -0.4 is 5.32 Å². The number of carbonyl (C=O) groups is 1. The predicted octanol–water partition coefficient (Wildman–Crippen LogP) is 3.40. The minimum atomic E-state index is -0.242. The van der Waals surface area contributed by atoms with E-state index >= 15 is 0 Å². The molecular weight excluding hydrogens is 317 g/mol. The maximum Gasteiger partial charge on any atom is 0.252 e. The summed E-state index contributed by atoms with van der Waals surface area (Å²) in [5, 5.41) is 3.02. The van der Waals surface area contributed by atoms with Gasteiger partial charge in [-0.3, -0.25) is 14.7 Å². The van der Waals surface area contributed by atoms with Crippen molar-refractivity contribution in [1.82, 2.24) is 15.2 Å². The number of carbonyl (C=O) groups excluding carboxylic acids is 1. The van der Waals surface area contributed by atoms with Crippen molar-refractivity contribution in [1.29, 1.82) is 0 Å². The number of pyridine rings is 1. The third-order valence-corrected chi connectivity index (χ3v) is 4.89. The monoisotopic (exact) mass is 341 g/mol. The van der Waals surface area contributed by atoms with Crippen molar-refractivity contribution < 1.29 is 9.18 Å². The molecule has 1 aromatic carbocycles. The van der Waals surface area contributed by atoms with Crippen LogP contribution in [0.15, 0.2) is 36.5 Å². The second kappa shape index (κ2) is 7.74. The van der Waals surface area contributed by atoms with Crippen molar-refractivity contribution in [3.8, 4) is 0 Å². The van der Waals surface area contributed by atoms with Crippen molar-refractivity contribution in [2.75, 3.05) is 19.6 Å². The van der Waals surface area contributed by atoms with Crippen LogP contribution in [0.4, 0.5) is 4.39 Å². The van der Waals surface area contributed by atoms with Gasteiger partial charge in [0.15, 0.2) is 0 Å². The number of hydrogen-bond acceptors (Lipinski definition) is 3. The zero-order valence-electron chi connectivity index (χ0n) is 14.8. The summed E-state index contributed by atoms with van der Waals surface area (Å²) in [5.41, 5.74) is 3.53. The molecule has 1 unspecified atom stereocenters. The number of rotatable bonds is 5. The zero-order valence-corrected chi connectivity index (χ0v) is 14.8. The van der Waals surface area contributed by atoms with E-state index in [1.807, 2.05) is 32.0 Å². The van der Waals surface area contributed by atoms with Gasteiger partial charge >= 0.3 is 0 Å². The average Bonchev–Trinajstić information content (AvgIpc) is 3.13. The minimum absolute atomic E-state index is 0.0616. The molecule has 1 aromatic heterocycles. The van der Waals surface area contributed by atoms with E-state index in [2.05, 4.69) is 15.2 Å². The van der Waals surface area contributed by atoms with Gasteiger partial charge in [0.1, 0.15) is 5.82 Å². The lowest BCUT2D eigenvalue weighted by Gasteiger charge is -2.28. The summed E-state index contributed by atoms with van der Waals surface area (Å²) >= 11 is 0. The Morgan fingerprint density at radius 3 is 2.56 bits per heavy atom. The molecule has 1 aliphatic rings. The number of hydrogen-bond donors (Lipinski definition) is 1. The quantitative estimate of drug-likeness (QED) is 0.906. The Bertz CT molecular complexity index is 739. The average molecular weight is 341 g/mol. The fourth-order valence-corrected chi connectivity index (χ4v) is 3.25. The van der Waals surface area contributed by atoms with E-state index in [4.69, 9.17) is 0 Å². The molecule has 3 rings (SSSR count). The van der Waals surface area contributed by atoms with Crippen LogP contribution in [0.25, 0.3) is 0 Å². The molecule has 5 heteroatoms. The first-order valence-corrected chi connectivity index (χ1v) is 8.75. The fourth-order valence-electron chi connectivity index (χ4n) is 3.25. The molecule has 1 fully saturated rings. The molecule has 0 radical (unpaired) electrons. The molecule has 1 N–H and O–H groups in total. The predicted molar refractivity (Wildman–Crippen MR) is 96.0 cm³/mol. The summed E-state index contributed by atoms with van der Waals surface area (Å²) in [7, 11) is 0. The second-order valence-electron chi connectivity index (χ2n) is 6.65. The van der Waals surface area contributed by atoms with Crippen LogP contribution in [0.3, 0.4) is 0 Å². The largest absolute Gasteiger partial charge is 0.350 e. The normalized spacial score (nSPS) is 16.0. The Morgan fingerprint density at radius 2 is 1.92 bits per heavy atom. The molecule has 1 amide bonds. The molecular formula is C20H24FN3O. The third kappa shape index (κ3) is 4.23. The van der Waals surface area contributed by atoms with E-state index < -0.39 is 0 Å². The highest BCUT2D eigenvalue weighted by Crippen LogP contribution is 2.25. The highest BCUT2D eigenvalue weighted by Gasteiger charge is 2.24. The van der Waals surface area contributed by atoms with E-state index in [-0.39, 0.29) is 17.8 Å². The SMILES string of the molecule is Cc1cc(C(=O)NCC(c2ccc(F)cc2)N2CCCC2)cnc1C. The number of nitrogens with zero attached hydrogens (tertiary/aromatic N) is 2. The minimum Gasteiger partial charge on any atom is -0.350 e. The number of benzene rings is 1. The third-order valence-electron chi connectivity index (χ3n) is 4.89. The fraction of sp³-hybridized carbons (Fsp3) is 0.400. The van der Waals surface area contributed by atoms with Gasteiger partial charge in [-0.2, -0.15) is 0 Å². The molecule has 0 saturated carbocycles. The lowest BCUT2D eigenvalue weighted by Crippen LogP contribution is -2.36. The second-order valence-corrected chi connectivity index (χ2v) is 6.65. The van der Waals surface area contributed by atoms with Crippen LogP contribution in [0.2, 0.25) is 0 Å². The first-order valence-electron chi connectivity index (χ1n) is 8.75. The van der Waals surface area contributed by atoms with E-state index in [1.165, 1.54) is 12.1 Å². The van der Waals surface area contributed by atoms with Gasteiger partial charge in [0.25, 0.3) is 5.91 Å². The number of likely N-dealkylation sites (tertiary alicyclic amines) is 1. The first kappa shape index (κ1) is 17.5. The molecule has 0 aliphatic carbocycles. The van der Waals surface area contributed by atoms with Gasteiger partial charge in [0, 0.05) is 18.4 Å². The van der Waals surface area contributed by atoms with Gasteiger partial charge in [-0.15, -0.1) is 0 Å². The molecule has 132 valence electrons. The number of halogens is 1. The summed E-state index contributed by atoms with van der Waals surface area (Å²) in [6.07, 6.45) is 3.93. The van der Waals surface area contributed by atoms with Gasteiger partial charge < -0.3 is 5.32 Å². The number of aromatic nitrogens is 1. The topological polar surface area (TPSA) is 45.2 Å². The lowest BCUT2D eigenvalue weighted by atomic mass is 10.0. The standard InChI is InChI=1S/C20H24FN3O/c1-14-11-17(12-22-15(14)2)20(25)23-13-19(24-9-3-4-10-24)16-5-7-18(21)8-6-16/h5-8,11-12,19H,3-4,9-10,13H2,1-2H3,(H,23,25). The van der Waals surface area contributed by atoms with E-state index in [1.54, 1.807) is 6.20 Å². The molecule has 0 spiro atoms. The summed E-state index contributed by atoms with van der Waals surface area (Å²) in [6.45, 7) is 6.38. The van der Waals surface area contributed by atoms with Crippen molar-refractivity contribution in [2.24, 2.45) is 0 Å². The summed E-state index contributed by atoms with van der Waals surface area (Å²) in [5.74, 6) is -0.365. The Kier molecular flexibility index (Phi) is 5.43. The van der Waals surface area contributed by atoms with Gasteiger partial charge in [-0.25, -0.2) is 4.39 Å². The number of amides is 1. The zero-order chi connectivity index (χ0) is 17.8. The molecule has 2 aromatic rings. The smallest absolute Gasteiger partial charge is 0.252 e. The molecule has 25 heavy (non-hydrogen) atoms. The molecule has 4 nitrogen and oxygen atoms in total. The van der Waals surface area contributed by atoms with Crippen LogP contribution >= 0.6 is 0 Å². The maximum atomic E-state index is 13.2. The van der Waals surface area contributed by atoms with Crippen LogP contribution in [0.5, 0.6) is 0 Å². The number of aryl methyl sites for hydroxylation is 2. The van der Waals surface area contributed by atoms with E-state index in [0.29, 0.717) is 12.1 Å². The lowest BCUT2D eigenvalue weighted by molar-refractivity contribution is 0.0937. The van der Waals surface area contributed by atoms with E-state index in [9.17, 15) is 9.18 Å². The van der Waals surface area contributed by atoms with Crippen molar-refractivity contribution >= 4 is 5.91 Å². The van der Waals surface area contributed by atoms with Gasteiger partial charge in [-0.05, 0) is 69.1 Å². The van der Waals surface area contributed by atoms with Crippen LogP contribution in [0, 0.1) is 19.7 Å². The summed E-state index contributed by atoms with van der Waals surface area (Å²) in [6, 6.07) is 8.50. The van der Waals surface area contributed by atoms with Crippen molar-refractivity contribution in [3.05, 3.63) is 64.7 Å². The maximum absolute atomic E-state index is 13.2. The molecule has 2 heterocycles. The van der Waals surface area contributed by atoms with Crippen molar-refractivity contribution in [2.45, 2.75) is 32.7 Å². The van der Waals surface area contributed by atoms with Crippen LogP contribution in [-0.4, -0.2) is 35.4 Å². The van der Waals surface area contributed by atoms with Gasteiger partial charge in [0.2, 0.25) is 0 Å². The Labute approximate surface area is 148 Å². The highest BCUT2D eigenvalue weighted by atomic mass is 19.1. The number of nitrogens with one attached hydrogen (secondary N) is 1. The molecule has 1 saturated heterocycles. The van der Waals surface area contributed by atoms with Gasteiger partial charge in [0.05, 0.1) is 11.6 Å². The van der Waals surface area contributed by atoms with Gasteiger partial charge in [-0.1, -0.05) is 12.1 Å². The highest BCUT2D eigenvalue weighted by molar-refractivity contribution is 5.94. The summed E-state index contributed by atoms with van der Waals surface area (Å²) < 4.78 is 13.2. The summed E-state index contributed by atoms with van der Waals surface area (Å²) in [4.78, 5) is 19.1. The Morgan fingerprint density at radius 1 is 1.24 bits per heavy atom. The van der Waals surface area contributed by atoms with Crippen LogP contribution in [-0.2, 0) is 0 Å². The Hall–Kier alpha value is -2.27. The van der Waals surface area contributed by atoms with Crippen LogP contribution in [0.1, 0.15) is 46.1 Å².